The van der Waals surface area contributed by atoms with Gasteiger partial charge in [0.05, 0.1) is 6.42 Å². The van der Waals surface area contributed by atoms with Crippen LogP contribution in [0.2, 0.25) is 0 Å². The van der Waals surface area contributed by atoms with Crippen molar-refractivity contribution in [3.05, 3.63) is 0 Å². The molecule has 0 spiro atoms. The van der Waals surface area contributed by atoms with Gasteiger partial charge >= 0.3 is 18.3 Å². The first-order valence-corrected chi connectivity index (χ1v) is 3.12. The highest BCUT2D eigenvalue weighted by atomic mass is 16.4. The molecule has 1 amide bonds. The maximum Gasteiger partial charge on any atom is 0.323 e. The molecule has 2 N–H and O–H groups in total. The van der Waals surface area contributed by atoms with Crippen LogP contribution in [-0.2, 0) is 14.4 Å². The van der Waals surface area contributed by atoms with Crippen molar-refractivity contribution in [3.8, 4) is 0 Å². The molecular weight excluding hydrogens is 166 g/mol. The lowest BCUT2D eigenvalue weighted by Crippen LogP contribution is -2.30. The van der Waals surface area contributed by atoms with E-state index in [0.29, 0.717) is 0 Å². The van der Waals surface area contributed by atoms with Crippen molar-refractivity contribution in [2.75, 3.05) is 13.1 Å². The van der Waals surface area contributed by atoms with E-state index in [1.807, 2.05) is 0 Å². The first kappa shape index (κ1) is 10.4. The van der Waals surface area contributed by atoms with Crippen LogP contribution in [0.25, 0.3) is 0 Å². The maximum absolute atomic E-state index is 10.0. The average Bonchev–Trinajstić information content (AvgIpc) is 1.97. The zero-order chi connectivity index (χ0) is 9.56. The van der Waals surface area contributed by atoms with Gasteiger partial charge < -0.3 is 15.1 Å². The number of rotatable bonds is 6. The number of amides is 1. The predicted octanol–water partition coefficient (Wildman–Crippen LogP) is -1.09. The fraction of sp³-hybridized carbons (Fsp3) is 0.500. The summed E-state index contributed by atoms with van der Waals surface area (Å²) in [6.07, 6.45) is 1.05. The minimum Gasteiger partial charge on any atom is -0.481 e. The molecule has 0 saturated carbocycles. The van der Waals surface area contributed by atoms with Gasteiger partial charge in [0.25, 0.3) is 0 Å². The Hall–Kier alpha value is -1.59. The van der Waals surface area contributed by atoms with E-state index in [4.69, 9.17) is 10.2 Å². The quantitative estimate of drug-likeness (QED) is 0.499. The molecule has 0 bridgehead atoms. The summed E-state index contributed by atoms with van der Waals surface area (Å²) in [6, 6.07) is 0. The van der Waals surface area contributed by atoms with Gasteiger partial charge in [-0.3, -0.25) is 14.4 Å². The van der Waals surface area contributed by atoms with Crippen LogP contribution < -0.4 is 0 Å². The molecule has 67 valence electrons. The zero-order valence-electron chi connectivity index (χ0n) is 6.19. The number of aliphatic carboxylic acids is 2. The summed E-state index contributed by atoms with van der Waals surface area (Å²) in [5.74, 6) is -2.27. The number of hydrogen-bond donors (Lipinski definition) is 2. The molecule has 0 fully saturated rings. The number of nitrogens with zero attached hydrogens (tertiary/aromatic N) is 1. The highest BCUT2D eigenvalue weighted by molar-refractivity contribution is 5.72. The Bertz CT molecular complexity index is 190. The summed E-state index contributed by atoms with van der Waals surface area (Å²) in [4.78, 5) is 30.8. The van der Waals surface area contributed by atoms with Crippen LogP contribution in [-0.4, -0.2) is 46.6 Å². The van der Waals surface area contributed by atoms with Gasteiger partial charge in [-0.15, -0.1) is 0 Å². The van der Waals surface area contributed by atoms with Crippen molar-refractivity contribution >= 4 is 18.3 Å². The molecule has 0 unspecified atom stereocenters. The zero-order valence-corrected chi connectivity index (χ0v) is 6.19. The summed E-state index contributed by atoms with van der Waals surface area (Å²) >= 11 is 0. The monoisotopic (exact) mass is 174 g/mol. The van der Waals surface area contributed by atoms with Crippen LogP contribution >= 0.6 is 0 Å². The minimum absolute atomic E-state index is 0.134. The number of carboxylic acid groups (broad SMARTS) is 2. The van der Waals surface area contributed by atoms with E-state index >= 15 is 0 Å². The molecule has 0 aliphatic heterocycles. The lowest BCUT2D eigenvalue weighted by Gasteiger charge is -2.10. The van der Waals surface area contributed by atoms with E-state index in [1.165, 1.54) is 6.41 Å². The highest BCUT2D eigenvalue weighted by Crippen LogP contribution is 1.87. The molecule has 12 heavy (non-hydrogen) atoms. The van der Waals surface area contributed by atoms with Crippen LogP contribution in [0.5, 0.6) is 0 Å². The van der Waals surface area contributed by atoms with E-state index in [1.54, 1.807) is 0 Å². The van der Waals surface area contributed by atoms with Crippen LogP contribution in [0, 0.1) is 0 Å². The van der Waals surface area contributed by atoms with Crippen molar-refractivity contribution in [2.24, 2.45) is 0 Å². The Morgan fingerprint density at radius 2 is 1.83 bits per heavy atom. The summed E-state index contributed by atoms with van der Waals surface area (Å²) in [5.41, 5.74) is 0. The topological polar surface area (TPSA) is 94.9 Å². The van der Waals surface area contributed by atoms with Gasteiger partial charge in [-0.1, -0.05) is 0 Å². The van der Waals surface area contributed by atoms with Crippen molar-refractivity contribution in [1.82, 2.24) is 4.90 Å². The van der Waals surface area contributed by atoms with E-state index in [2.05, 4.69) is 0 Å². The van der Waals surface area contributed by atoms with Crippen LogP contribution in [0.4, 0.5) is 0 Å². The summed E-state index contributed by atoms with van der Waals surface area (Å²) in [7, 11) is 0. The second-order valence-electron chi connectivity index (χ2n) is 2.05. The fourth-order valence-electron chi connectivity index (χ4n) is 0.551. The largest absolute Gasteiger partial charge is 0.481 e. The van der Waals surface area contributed by atoms with Gasteiger partial charge in [0.1, 0.15) is 6.54 Å². The van der Waals surface area contributed by atoms with Gasteiger partial charge in [0.15, 0.2) is 0 Å². The number of carboxylic acids is 2. The van der Waals surface area contributed by atoms with Gasteiger partial charge in [0, 0.05) is 6.54 Å². The first-order chi connectivity index (χ1) is 5.56. The molecule has 0 atom stereocenters. The molecule has 0 heterocycles. The lowest BCUT2D eigenvalue weighted by atomic mass is 10.4. The summed E-state index contributed by atoms with van der Waals surface area (Å²) in [6.45, 7) is -0.651. The third-order valence-electron chi connectivity index (χ3n) is 1.05. The Morgan fingerprint density at radius 3 is 2.17 bits per heavy atom. The standard InChI is InChI=1S/C6H8NO5/c8-4-7(3-6(11)12)2-1-5(9)10/h1-3H2,(H,9,10)(H,11,12). The molecule has 0 aliphatic carbocycles. The minimum atomic E-state index is -1.19. The molecule has 6 nitrogen and oxygen atoms in total. The third-order valence-corrected chi connectivity index (χ3v) is 1.05. The molecule has 0 aromatic rings. The Morgan fingerprint density at radius 1 is 1.25 bits per heavy atom. The average molecular weight is 174 g/mol. The highest BCUT2D eigenvalue weighted by Gasteiger charge is 2.09. The van der Waals surface area contributed by atoms with Gasteiger partial charge in [-0.2, -0.15) is 0 Å². The Labute approximate surface area is 68.4 Å². The summed E-state index contributed by atoms with van der Waals surface area (Å²) < 4.78 is 0. The molecular formula is C6H8NO5. The van der Waals surface area contributed by atoms with E-state index < -0.39 is 18.5 Å². The van der Waals surface area contributed by atoms with Crippen LogP contribution in [0.3, 0.4) is 0 Å². The molecule has 0 aromatic heterocycles. The second-order valence-corrected chi connectivity index (χ2v) is 2.05. The predicted molar refractivity (Wildman–Crippen MR) is 37.2 cm³/mol. The number of hydrogen-bond acceptors (Lipinski definition) is 3. The molecule has 0 saturated heterocycles. The van der Waals surface area contributed by atoms with E-state index in [9.17, 15) is 14.4 Å². The van der Waals surface area contributed by atoms with Crippen molar-refractivity contribution in [3.63, 3.8) is 0 Å². The number of carbonyl (C=O) groups is 2. The van der Waals surface area contributed by atoms with Gasteiger partial charge in [-0.05, 0) is 0 Å². The molecule has 1 radical (unpaired) electrons. The summed E-state index contributed by atoms with van der Waals surface area (Å²) in [5, 5.41) is 16.4. The van der Waals surface area contributed by atoms with Crippen LogP contribution in [0.15, 0.2) is 0 Å². The van der Waals surface area contributed by atoms with Crippen molar-refractivity contribution < 1.29 is 24.6 Å². The van der Waals surface area contributed by atoms with E-state index in [0.717, 1.165) is 4.90 Å². The number of carbonyl (C=O) groups excluding carboxylic acids is 1. The third kappa shape index (κ3) is 5.21. The van der Waals surface area contributed by atoms with Gasteiger partial charge in [0.2, 0.25) is 0 Å². The maximum atomic E-state index is 10.0. The first-order valence-electron chi connectivity index (χ1n) is 3.12. The van der Waals surface area contributed by atoms with E-state index in [-0.39, 0.29) is 13.0 Å². The molecule has 0 aliphatic rings. The second kappa shape index (κ2) is 5.11. The van der Waals surface area contributed by atoms with Gasteiger partial charge in [-0.25, -0.2) is 0 Å². The molecule has 6 heteroatoms. The molecule has 0 rings (SSSR count). The van der Waals surface area contributed by atoms with Crippen molar-refractivity contribution in [1.29, 1.82) is 0 Å². The SMILES string of the molecule is O=[C]N(CCC(=O)O)CC(=O)O. The normalized spacial score (nSPS) is 9.00. The van der Waals surface area contributed by atoms with Crippen LogP contribution in [0.1, 0.15) is 6.42 Å². The Kier molecular flexibility index (Phi) is 4.43. The molecule has 0 aromatic carbocycles. The lowest BCUT2D eigenvalue weighted by molar-refractivity contribution is -0.140. The van der Waals surface area contributed by atoms with Crippen molar-refractivity contribution in [2.45, 2.75) is 6.42 Å². The Balaban J connectivity index is 3.75. The smallest absolute Gasteiger partial charge is 0.323 e. The fourth-order valence-corrected chi connectivity index (χ4v) is 0.551.